The highest BCUT2D eigenvalue weighted by Gasteiger charge is 2.14. The summed E-state index contributed by atoms with van der Waals surface area (Å²) in [5, 5.41) is 11.9. The zero-order chi connectivity index (χ0) is 10.2. The number of oxime groups is 1. The van der Waals surface area contributed by atoms with Crippen LogP contribution in [-0.2, 0) is 0 Å². The Morgan fingerprint density at radius 1 is 1.21 bits per heavy atom. The molecule has 0 spiro atoms. The number of rotatable bonds is 5. The van der Waals surface area contributed by atoms with Crippen LogP contribution in [0.15, 0.2) is 5.16 Å². The van der Waals surface area contributed by atoms with Gasteiger partial charge in [-0.1, -0.05) is 31.3 Å². The van der Waals surface area contributed by atoms with E-state index in [4.69, 9.17) is 5.21 Å². The maximum Gasteiger partial charge on any atom is 0.0596 e. The maximum atomic E-state index is 8.59. The third-order valence-corrected chi connectivity index (χ3v) is 2.90. The molecule has 3 heteroatoms. The Balaban J connectivity index is 2.04. The van der Waals surface area contributed by atoms with Crippen molar-refractivity contribution in [1.29, 1.82) is 0 Å². The molecule has 1 aliphatic heterocycles. The van der Waals surface area contributed by atoms with Crippen LogP contribution < -0.4 is 0 Å². The molecule has 0 aromatic rings. The number of unbranched alkanes of at least 4 members (excludes halogenated alkanes) is 3. The molecule has 0 bridgehead atoms. The Morgan fingerprint density at radius 2 is 1.93 bits per heavy atom. The van der Waals surface area contributed by atoms with Crippen LogP contribution in [0.3, 0.4) is 0 Å². The number of nitrogens with zero attached hydrogens (tertiary/aromatic N) is 2. The summed E-state index contributed by atoms with van der Waals surface area (Å²) in [5.41, 5.74) is 0.967. The second-order valence-electron chi connectivity index (χ2n) is 4.07. The van der Waals surface area contributed by atoms with E-state index < -0.39 is 0 Å². The normalized spacial score (nSPS) is 18.5. The summed E-state index contributed by atoms with van der Waals surface area (Å²) in [4.78, 5) is 2.48. The third-order valence-electron chi connectivity index (χ3n) is 2.90. The van der Waals surface area contributed by atoms with Gasteiger partial charge in [-0.25, -0.2) is 0 Å². The second kappa shape index (κ2) is 6.82. The van der Waals surface area contributed by atoms with Crippen molar-refractivity contribution in [2.75, 3.05) is 19.6 Å². The van der Waals surface area contributed by atoms with Gasteiger partial charge in [0.25, 0.3) is 0 Å². The minimum absolute atomic E-state index is 0.949. The van der Waals surface area contributed by atoms with E-state index in [2.05, 4.69) is 17.0 Å². The van der Waals surface area contributed by atoms with Crippen molar-refractivity contribution in [2.45, 2.75) is 45.4 Å². The number of likely N-dealkylation sites (tertiary alicyclic amines) is 1. The molecule has 14 heavy (non-hydrogen) atoms. The number of piperidine rings is 1. The molecule has 0 aromatic heterocycles. The van der Waals surface area contributed by atoms with Gasteiger partial charge in [-0.3, -0.25) is 0 Å². The molecule has 1 saturated heterocycles. The molecular formula is C11H22N2O. The van der Waals surface area contributed by atoms with Gasteiger partial charge in [0.1, 0.15) is 0 Å². The van der Waals surface area contributed by atoms with Gasteiger partial charge in [0.05, 0.1) is 5.71 Å². The van der Waals surface area contributed by atoms with Crippen molar-refractivity contribution in [3.63, 3.8) is 0 Å². The van der Waals surface area contributed by atoms with Crippen molar-refractivity contribution in [3.05, 3.63) is 0 Å². The van der Waals surface area contributed by atoms with Gasteiger partial charge in [-0.05, 0) is 13.0 Å². The predicted octanol–water partition coefficient (Wildman–Crippen LogP) is 2.49. The largest absolute Gasteiger partial charge is 0.411 e. The lowest BCUT2D eigenvalue weighted by Gasteiger charge is -2.26. The molecule has 3 nitrogen and oxygen atoms in total. The lowest BCUT2D eigenvalue weighted by Crippen LogP contribution is -2.34. The lowest BCUT2D eigenvalue weighted by molar-refractivity contribution is 0.258. The Morgan fingerprint density at radius 3 is 2.50 bits per heavy atom. The van der Waals surface area contributed by atoms with Crippen LogP contribution in [0.25, 0.3) is 0 Å². The Kier molecular flexibility index (Phi) is 5.60. The highest BCUT2D eigenvalue weighted by Crippen LogP contribution is 2.09. The minimum Gasteiger partial charge on any atom is -0.411 e. The second-order valence-corrected chi connectivity index (χ2v) is 4.07. The number of hydrogen-bond acceptors (Lipinski definition) is 3. The Labute approximate surface area is 86.8 Å². The molecule has 1 fully saturated rings. The van der Waals surface area contributed by atoms with Crippen LogP contribution in [-0.4, -0.2) is 35.5 Å². The summed E-state index contributed by atoms with van der Waals surface area (Å²) in [6, 6.07) is 0. The van der Waals surface area contributed by atoms with Crippen molar-refractivity contribution >= 4 is 5.71 Å². The Hall–Kier alpha value is -0.570. The highest BCUT2D eigenvalue weighted by atomic mass is 16.4. The van der Waals surface area contributed by atoms with E-state index in [-0.39, 0.29) is 0 Å². The predicted molar refractivity (Wildman–Crippen MR) is 59.0 cm³/mol. The SMILES string of the molecule is CCCCCCN1CCC(=NO)CC1. The fourth-order valence-electron chi connectivity index (χ4n) is 1.90. The fraction of sp³-hybridized carbons (Fsp3) is 0.909. The van der Waals surface area contributed by atoms with Crippen molar-refractivity contribution in [1.82, 2.24) is 4.90 Å². The molecule has 0 radical (unpaired) electrons. The van der Waals surface area contributed by atoms with E-state index in [1.165, 1.54) is 32.2 Å². The molecule has 1 aliphatic rings. The molecule has 1 N–H and O–H groups in total. The molecule has 0 unspecified atom stereocenters. The summed E-state index contributed by atoms with van der Waals surface area (Å²) >= 11 is 0. The first-order valence-electron chi connectivity index (χ1n) is 5.79. The quantitative estimate of drug-likeness (QED) is 0.418. The average Bonchev–Trinajstić information content (AvgIpc) is 2.25. The smallest absolute Gasteiger partial charge is 0.0596 e. The summed E-state index contributed by atoms with van der Waals surface area (Å²) in [7, 11) is 0. The van der Waals surface area contributed by atoms with Crippen LogP contribution in [0.5, 0.6) is 0 Å². The van der Waals surface area contributed by atoms with Crippen molar-refractivity contribution in [3.8, 4) is 0 Å². The molecule has 0 saturated carbocycles. The van der Waals surface area contributed by atoms with Gasteiger partial charge in [-0.15, -0.1) is 0 Å². The van der Waals surface area contributed by atoms with Crippen LogP contribution in [0.4, 0.5) is 0 Å². The first-order valence-corrected chi connectivity index (χ1v) is 5.79. The minimum atomic E-state index is 0.949. The Bertz CT molecular complexity index is 170. The average molecular weight is 198 g/mol. The molecule has 0 aliphatic carbocycles. The van der Waals surface area contributed by atoms with Crippen molar-refractivity contribution in [2.24, 2.45) is 5.16 Å². The van der Waals surface area contributed by atoms with E-state index in [1.807, 2.05) is 0 Å². The third kappa shape index (κ3) is 4.09. The zero-order valence-corrected chi connectivity index (χ0v) is 9.21. The summed E-state index contributed by atoms with van der Waals surface area (Å²) in [6.45, 7) is 5.61. The summed E-state index contributed by atoms with van der Waals surface area (Å²) in [6.07, 6.45) is 7.24. The molecule has 1 rings (SSSR count). The van der Waals surface area contributed by atoms with E-state index in [1.54, 1.807) is 0 Å². The van der Waals surface area contributed by atoms with Gasteiger partial charge in [0.15, 0.2) is 0 Å². The van der Waals surface area contributed by atoms with Crippen molar-refractivity contribution < 1.29 is 5.21 Å². The van der Waals surface area contributed by atoms with Gasteiger partial charge in [-0.2, -0.15) is 0 Å². The lowest BCUT2D eigenvalue weighted by atomic mass is 10.1. The fourth-order valence-corrected chi connectivity index (χ4v) is 1.90. The van der Waals surface area contributed by atoms with Gasteiger partial charge >= 0.3 is 0 Å². The zero-order valence-electron chi connectivity index (χ0n) is 9.21. The van der Waals surface area contributed by atoms with E-state index in [9.17, 15) is 0 Å². The van der Waals surface area contributed by atoms with Crippen LogP contribution in [0.1, 0.15) is 45.4 Å². The van der Waals surface area contributed by atoms with Crippen LogP contribution in [0, 0.1) is 0 Å². The van der Waals surface area contributed by atoms with Gasteiger partial charge < -0.3 is 10.1 Å². The standard InChI is InChI=1S/C11H22N2O/c1-2-3-4-5-8-13-9-6-11(12-14)7-10-13/h14H,2-10H2,1H3. The van der Waals surface area contributed by atoms with E-state index in [0.29, 0.717) is 0 Å². The monoisotopic (exact) mass is 198 g/mol. The van der Waals surface area contributed by atoms with E-state index in [0.717, 1.165) is 31.6 Å². The molecule has 0 atom stereocenters. The first kappa shape index (κ1) is 11.5. The first-order chi connectivity index (χ1) is 6.86. The summed E-state index contributed by atoms with van der Waals surface area (Å²) < 4.78 is 0. The summed E-state index contributed by atoms with van der Waals surface area (Å²) in [5.74, 6) is 0. The van der Waals surface area contributed by atoms with Gasteiger partial charge in [0.2, 0.25) is 0 Å². The molecule has 0 amide bonds. The highest BCUT2D eigenvalue weighted by molar-refractivity contribution is 5.84. The topological polar surface area (TPSA) is 35.8 Å². The molecule has 82 valence electrons. The van der Waals surface area contributed by atoms with Crippen LogP contribution in [0.2, 0.25) is 0 Å². The molecule has 0 aromatic carbocycles. The molecule has 1 heterocycles. The van der Waals surface area contributed by atoms with Crippen LogP contribution >= 0.6 is 0 Å². The molecular weight excluding hydrogens is 176 g/mol. The number of hydrogen-bond donors (Lipinski definition) is 1. The van der Waals surface area contributed by atoms with Gasteiger partial charge in [0, 0.05) is 25.9 Å². The van der Waals surface area contributed by atoms with E-state index >= 15 is 0 Å². The maximum absolute atomic E-state index is 8.59.